The van der Waals surface area contributed by atoms with Crippen molar-refractivity contribution in [3.05, 3.63) is 42.0 Å². The Labute approximate surface area is 127 Å². The molecule has 0 heterocycles. The summed E-state index contributed by atoms with van der Waals surface area (Å²) in [7, 11) is -3.58. The molecule has 0 aliphatic heterocycles. The van der Waals surface area contributed by atoms with Crippen LogP contribution in [-0.4, -0.2) is 14.6 Å². The zero-order chi connectivity index (χ0) is 15.5. The molecule has 0 saturated heterocycles. The summed E-state index contributed by atoms with van der Waals surface area (Å²) < 4.78 is 28.1. The lowest BCUT2D eigenvalue weighted by Gasteiger charge is -2.33. The van der Waals surface area contributed by atoms with Crippen molar-refractivity contribution in [3.63, 3.8) is 0 Å². The van der Waals surface area contributed by atoms with E-state index in [1.807, 2.05) is 0 Å². The summed E-state index contributed by atoms with van der Waals surface area (Å²) in [5.74, 6) is 0.573. The molecule has 1 aromatic rings. The quantitative estimate of drug-likeness (QED) is 0.785. The molecule has 0 bridgehead atoms. The molecule has 0 aromatic heterocycles. The third-order valence-electron chi connectivity index (χ3n) is 4.03. The summed E-state index contributed by atoms with van der Waals surface area (Å²) >= 11 is 0. The Bertz CT molecular complexity index is 637. The predicted molar refractivity (Wildman–Crippen MR) is 87.0 cm³/mol. The lowest BCUT2D eigenvalue weighted by Crippen LogP contribution is -2.23. The van der Waals surface area contributed by atoms with Crippen molar-refractivity contribution in [3.8, 4) is 0 Å². The molecule has 0 spiro atoms. The third-order valence-corrected chi connectivity index (χ3v) is 5.28. The Morgan fingerprint density at radius 3 is 2.48 bits per heavy atom. The Balaban J connectivity index is 2.13. The fourth-order valence-electron chi connectivity index (χ4n) is 2.57. The van der Waals surface area contributed by atoms with Crippen LogP contribution in [-0.2, 0) is 10.0 Å². The third kappa shape index (κ3) is 4.27. The Morgan fingerprint density at radius 2 is 1.86 bits per heavy atom. The van der Waals surface area contributed by atoms with Gasteiger partial charge >= 0.3 is 0 Å². The highest BCUT2D eigenvalue weighted by molar-refractivity contribution is 7.90. The smallest absolute Gasteiger partial charge is 0.199 e. The first kappa shape index (κ1) is 16.0. The second-order valence-corrected chi connectivity index (χ2v) is 8.28. The maximum absolute atomic E-state index is 12.1. The molecule has 21 heavy (non-hydrogen) atoms. The van der Waals surface area contributed by atoms with Gasteiger partial charge < -0.3 is 0 Å². The first-order valence-corrected chi connectivity index (χ1v) is 8.77. The number of sulfonamides is 1. The first-order chi connectivity index (χ1) is 9.79. The molecule has 2 rings (SSSR count). The molecule has 114 valence electrons. The van der Waals surface area contributed by atoms with E-state index in [4.69, 9.17) is 0 Å². The van der Waals surface area contributed by atoms with Crippen molar-refractivity contribution >= 4 is 16.2 Å². The van der Waals surface area contributed by atoms with Gasteiger partial charge in [0.1, 0.15) is 0 Å². The van der Waals surface area contributed by atoms with Crippen molar-refractivity contribution < 1.29 is 8.42 Å². The van der Waals surface area contributed by atoms with Gasteiger partial charge in [-0.25, -0.2) is 0 Å². The molecule has 1 atom stereocenters. The Morgan fingerprint density at radius 1 is 1.19 bits per heavy atom. The van der Waals surface area contributed by atoms with Crippen LogP contribution in [0.5, 0.6) is 0 Å². The predicted octanol–water partition coefficient (Wildman–Crippen LogP) is 4.22. The van der Waals surface area contributed by atoms with E-state index in [-0.39, 0.29) is 10.3 Å². The van der Waals surface area contributed by atoms with Gasteiger partial charge in [0, 0.05) is 6.21 Å². The first-order valence-electron chi connectivity index (χ1n) is 7.33. The van der Waals surface area contributed by atoms with Crippen LogP contribution in [0.4, 0.5) is 0 Å². The zero-order valence-electron chi connectivity index (χ0n) is 12.9. The van der Waals surface area contributed by atoms with Gasteiger partial charge in [-0.3, -0.25) is 0 Å². The Hall–Kier alpha value is -1.42. The van der Waals surface area contributed by atoms with Crippen LogP contribution in [0.1, 0.15) is 40.0 Å². The summed E-state index contributed by atoms with van der Waals surface area (Å²) in [4.78, 5) is 0.241. The van der Waals surface area contributed by atoms with Crippen molar-refractivity contribution in [1.82, 2.24) is 0 Å². The molecule has 1 aliphatic carbocycles. The second kappa shape index (κ2) is 6.14. The summed E-state index contributed by atoms with van der Waals surface area (Å²) in [6.07, 6.45) is 6.69. The number of benzene rings is 1. The van der Waals surface area contributed by atoms with E-state index in [2.05, 4.69) is 31.2 Å². The molecule has 1 unspecified atom stereocenters. The highest BCUT2D eigenvalue weighted by Crippen LogP contribution is 2.37. The summed E-state index contributed by atoms with van der Waals surface area (Å²) in [6, 6.07) is 8.34. The van der Waals surface area contributed by atoms with Crippen LogP contribution in [0.3, 0.4) is 0 Å². The van der Waals surface area contributed by atoms with Crippen LogP contribution in [0.25, 0.3) is 0 Å². The van der Waals surface area contributed by atoms with Crippen molar-refractivity contribution in [1.29, 1.82) is 0 Å². The van der Waals surface area contributed by atoms with E-state index < -0.39 is 10.0 Å². The van der Waals surface area contributed by atoms with E-state index in [0.717, 1.165) is 24.8 Å². The zero-order valence-corrected chi connectivity index (χ0v) is 13.7. The summed E-state index contributed by atoms with van der Waals surface area (Å²) in [6.45, 7) is 6.70. The summed E-state index contributed by atoms with van der Waals surface area (Å²) in [5, 5.41) is 0. The minimum atomic E-state index is -3.58. The lowest BCUT2D eigenvalue weighted by atomic mass is 9.72. The summed E-state index contributed by atoms with van der Waals surface area (Å²) in [5.41, 5.74) is 1.27. The molecule has 0 N–H and O–H groups in total. The average Bonchev–Trinajstić information content (AvgIpc) is 2.46. The number of allylic oxidation sites excluding steroid dienone is 2. The van der Waals surface area contributed by atoms with Crippen LogP contribution >= 0.6 is 0 Å². The van der Waals surface area contributed by atoms with Crippen LogP contribution in [0.15, 0.2) is 51.3 Å². The fraction of sp³-hybridized carbons (Fsp3) is 0.471. The lowest BCUT2D eigenvalue weighted by molar-refractivity contribution is 0.221. The van der Waals surface area contributed by atoms with E-state index in [9.17, 15) is 8.42 Å². The van der Waals surface area contributed by atoms with Gasteiger partial charge in [0.15, 0.2) is 0 Å². The molecule has 0 saturated carbocycles. The van der Waals surface area contributed by atoms with Gasteiger partial charge in [0.25, 0.3) is 10.0 Å². The van der Waals surface area contributed by atoms with Crippen molar-refractivity contribution in [2.75, 3.05) is 0 Å². The normalized spacial score (nSPS) is 20.5. The number of hydrogen-bond donors (Lipinski definition) is 0. The van der Waals surface area contributed by atoms with Crippen LogP contribution < -0.4 is 0 Å². The molecular weight excluding hydrogens is 282 g/mol. The number of hydrogen-bond acceptors (Lipinski definition) is 2. The molecule has 1 aromatic carbocycles. The van der Waals surface area contributed by atoms with E-state index in [0.29, 0.717) is 5.92 Å². The standard InChI is InChI=1S/C17H23NO2S/c1-17(2,3)15-9-7-8-14(12-15)13-18-21(19,20)16-10-5-4-6-11-16/h4-6,8,10-11,13,15H,7,9,12H2,1-3H3/b18-13+. The highest BCUT2D eigenvalue weighted by atomic mass is 32.2. The van der Waals surface area contributed by atoms with Gasteiger partial charge in [-0.05, 0) is 48.3 Å². The monoisotopic (exact) mass is 305 g/mol. The minimum Gasteiger partial charge on any atom is -0.199 e. The second-order valence-electron chi connectivity index (χ2n) is 6.65. The van der Waals surface area contributed by atoms with Crippen LogP contribution in [0, 0.1) is 11.3 Å². The van der Waals surface area contributed by atoms with Gasteiger partial charge in [-0.1, -0.05) is 45.0 Å². The van der Waals surface area contributed by atoms with Gasteiger partial charge in [0.2, 0.25) is 0 Å². The number of nitrogens with zero attached hydrogens (tertiary/aromatic N) is 1. The maximum atomic E-state index is 12.1. The Kier molecular flexibility index (Phi) is 4.67. The molecule has 1 aliphatic rings. The van der Waals surface area contributed by atoms with Gasteiger partial charge in [-0.15, -0.1) is 0 Å². The van der Waals surface area contributed by atoms with Gasteiger partial charge in [0.05, 0.1) is 4.90 Å². The molecular formula is C17H23NO2S. The molecule has 4 heteroatoms. The minimum absolute atomic E-state index is 0.241. The molecule has 3 nitrogen and oxygen atoms in total. The highest BCUT2D eigenvalue weighted by Gasteiger charge is 2.26. The van der Waals surface area contributed by atoms with Crippen LogP contribution in [0.2, 0.25) is 0 Å². The van der Waals surface area contributed by atoms with Gasteiger partial charge in [-0.2, -0.15) is 12.8 Å². The SMILES string of the molecule is CC(C)(C)C1CCC=C(/C=N/S(=O)(=O)c2ccccc2)C1. The van der Waals surface area contributed by atoms with Crippen molar-refractivity contribution in [2.45, 2.75) is 44.9 Å². The number of rotatable bonds is 3. The van der Waals surface area contributed by atoms with E-state index >= 15 is 0 Å². The molecule has 0 amide bonds. The fourth-order valence-corrected chi connectivity index (χ4v) is 3.47. The largest absolute Gasteiger partial charge is 0.282 e. The van der Waals surface area contributed by atoms with E-state index in [1.54, 1.807) is 30.3 Å². The van der Waals surface area contributed by atoms with E-state index in [1.165, 1.54) is 6.21 Å². The topological polar surface area (TPSA) is 46.5 Å². The van der Waals surface area contributed by atoms with Crippen molar-refractivity contribution in [2.24, 2.45) is 15.7 Å². The molecule has 0 fully saturated rings. The average molecular weight is 305 g/mol. The molecule has 0 radical (unpaired) electrons. The maximum Gasteiger partial charge on any atom is 0.282 e.